The molecule has 0 unspecified atom stereocenters. The Labute approximate surface area is 148 Å². The highest BCUT2D eigenvalue weighted by Gasteiger charge is 2.42. The summed E-state index contributed by atoms with van der Waals surface area (Å²) < 4.78 is 0. The molecule has 2 amide bonds. The Hall–Kier alpha value is -2.82. The number of carbonyl (C=O) groups is 2. The minimum atomic E-state index is -0.588. The van der Waals surface area contributed by atoms with E-state index in [9.17, 15) is 9.59 Å². The van der Waals surface area contributed by atoms with E-state index < -0.39 is 5.41 Å². The molecule has 1 heterocycles. The van der Waals surface area contributed by atoms with Gasteiger partial charge in [-0.05, 0) is 55.8 Å². The average Bonchev–Trinajstić information content (AvgIpc) is 2.76. The first-order valence-electron chi connectivity index (χ1n) is 8.23. The number of nitrogens with one attached hydrogen (secondary N) is 1. The van der Waals surface area contributed by atoms with E-state index in [-0.39, 0.29) is 11.8 Å². The van der Waals surface area contributed by atoms with E-state index in [0.717, 1.165) is 16.9 Å². The molecule has 0 saturated heterocycles. The minimum Gasteiger partial charge on any atom is -0.378 e. The number of fused-ring (bicyclic) bond motifs is 1. The molecule has 5 nitrogen and oxygen atoms in total. The lowest BCUT2D eigenvalue weighted by atomic mass is 9.86. The standard InChI is InChI=1S/C20H23N3O2/c1-20(2)16-12-14(9-10-17(16)23(5)19(20)25)21-18(24)13-7-6-8-15(11-13)22(3)4/h6-12H,1-5H3,(H,21,24). The fraction of sp³-hybridized carbons (Fsp3) is 0.300. The number of rotatable bonds is 3. The van der Waals surface area contributed by atoms with Crippen molar-refractivity contribution in [1.29, 1.82) is 0 Å². The Balaban J connectivity index is 1.88. The Morgan fingerprint density at radius 3 is 2.52 bits per heavy atom. The summed E-state index contributed by atoms with van der Waals surface area (Å²) in [4.78, 5) is 28.6. The number of amides is 2. The number of anilines is 3. The van der Waals surface area contributed by atoms with E-state index in [4.69, 9.17) is 0 Å². The number of benzene rings is 2. The molecular formula is C20H23N3O2. The largest absolute Gasteiger partial charge is 0.378 e. The Kier molecular flexibility index (Phi) is 4.03. The Bertz CT molecular complexity index is 856. The molecule has 3 rings (SSSR count). The van der Waals surface area contributed by atoms with E-state index in [2.05, 4.69) is 5.32 Å². The summed E-state index contributed by atoms with van der Waals surface area (Å²) in [5.74, 6) is -0.108. The van der Waals surface area contributed by atoms with Crippen LogP contribution in [-0.4, -0.2) is 33.0 Å². The highest BCUT2D eigenvalue weighted by Crippen LogP contribution is 2.41. The Morgan fingerprint density at radius 1 is 1.12 bits per heavy atom. The van der Waals surface area contributed by atoms with Crippen LogP contribution < -0.4 is 15.1 Å². The van der Waals surface area contributed by atoms with E-state index >= 15 is 0 Å². The Morgan fingerprint density at radius 2 is 1.84 bits per heavy atom. The van der Waals surface area contributed by atoms with Crippen molar-refractivity contribution < 1.29 is 9.59 Å². The summed E-state index contributed by atoms with van der Waals surface area (Å²) in [6.45, 7) is 3.81. The van der Waals surface area contributed by atoms with E-state index in [1.54, 1.807) is 18.0 Å². The molecule has 0 fully saturated rings. The van der Waals surface area contributed by atoms with Crippen LogP contribution in [0.4, 0.5) is 17.1 Å². The molecule has 0 aliphatic carbocycles. The molecule has 25 heavy (non-hydrogen) atoms. The molecule has 130 valence electrons. The van der Waals surface area contributed by atoms with Crippen LogP contribution in [0.2, 0.25) is 0 Å². The predicted octanol–water partition coefficient (Wildman–Crippen LogP) is 3.26. The lowest BCUT2D eigenvalue weighted by Crippen LogP contribution is -2.33. The smallest absolute Gasteiger partial charge is 0.255 e. The molecule has 0 saturated carbocycles. The van der Waals surface area contributed by atoms with Crippen molar-refractivity contribution in [2.24, 2.45) is 0 Å². The molecule has 0 aromatic heterocycles. The molecule has 2 aromatic rings. The summed E-state index contributed by atoms with van der Waals surface area (Å²) in [6, 6.07) is 13.1. The second-order valence-electron chi connectivity index (χ2n) is 7.12. The molecule has 0 radical (unpaired) electrons. The van der Waals surface area contributed by atoms with E-state index in [0.29, 0.717) is 11.3 Å². The molecule has 0 bridgehead atoms. The maximum Gasteiger partial charge on any atom is 0.255 e. The quantitative estimate of drug-likeness (QED) is 0.935. The number of hydrogen-bond donors (Lipinski definition) is 1. The van der Waals surface area contributed by atoms with Gasteiger partial charge in [0.15, 0.2) is 0 Å². The van der Waals surface area contributed by atoms with Crippen molar-refractivity contribution in [3.8, 4) is 0 Å². The van der Waals surface area contributed by atoms with Crippen molar-refractivity contribution in [1.82, 2.24) is 0 Å². The van der Waals surface area contributed by atoms with E-state index in [1.165, 1.54) is 0 Å². The maximum absolute atomic E-state index is 12.6. The van der Waals surface area contributed by atoms with Crippen LogP contribution in [0.15, 0.2) is 42.5 Å². The van der Waals surface area contributed by atoms with Crippen molar-refractivity contribution >= 4 is 28.9 Å². The molecular weight excluding hydrogens is 314 g/mol. The third-order valence-electron chi connectivity index (χ3n) is 4.75. The fourth-order valence-electron chi connectivity index (χ4n) is 3.18. The monoisotopic (exact) mass is 337 g/mol. The van der Waals surface area contributed by atoms with Gasteiger partial charge >= 0.3 is 0 Å². The van der Waals surface area contributed by atoms with Crippen LogP contribution in [0.1, 0.15) is 29.8 Å². The summed E-state index contributed by atoms with van der Waals surface area (Å²) in [5, 5.41) is 2.93. The van der Waals surface area contributed by atoms with Gasteiger partial charge in [-0.3, -0.25) is 9.59 Å². The molecule has 5 heteroatoms. The number of carbonyl (C=O) groups excluding carboxylic acids is 2. The third-order valence-corrected chi connectivity index (χ3v) is 4.75. The molecule has 1 N–H and O–H groups in total. The van der Waals surface area contributed by atoms with Gasteiger partial charge < -0.3 is 15.1 Å². The fourth-order valence-corrected chi connectivity index (χ4v) is 3.18. The average molecular weight is 337 g/mol. The van der Waals surface area contributed by atoms with Gasteiger partial charge in [0.25, 0.3) is 5.91 Å². The lowest BCUT2D eigenvalue weighted by molar-refractivity contribution is -0.121. The molecule has 1 aliphatic rings. The van der Waals surface area contributed by atoms with Crippen LogP contribution in [-0.2, 0) is 10.2 Å². The summed E-state index contributed by atoms with van der Waals surface area (Å²) >= 11 is 0. The minimum absolute atomic E-state index is 0.0599. The predicted molar refractivity (Wildman–Crippen MR) is 102 cm³/mol. The van der Waals surface area contributed by atoms with Crippen molar-refractivity contribution in [2.75, 3.05) is 36.3 Å². The van der Waals surface area contributed by atoms with Crippen LogP contribution in [0.5, 0.6) is 0 Å². The highest BCUT2D eigenvalue weighted by atomic mass is 16.2. The molecule has 0 atom stereocenters. The first-order valence-corrected chi connectivity index (χ1v) is 8.23. The van der Waals surface area contributed by atoms with Gasteiger partial charge in [-0.2, -0.15) is 0 Å². The second kappa shape index (κ2) is 5.92. The first kappa shape index (κ1) is 17.0. The topological polar surface area (TPSA) is 52.7 Å². The van der Waals surface area contributed by atoms with Gasteiger partial charge in [-0.15, -0.1) is 0 Å². The van der Waals surface area contributed by atoms with Crippen molar-refractivity contribution in [3.63, 3.8) is 0 Å². The zero-order valence-electron chi connectivity index (χ0n) is 15.3. The summed E-state index contributed by atoms with van der Waals surface area (Å²) in [7, 11) is 5.65. The van der Waals surface area contributed by atoms with Gasteiger partial charge in [0.1, 0.15) is 0 Å². The van der Waals surface area contributed by atoms with Crippen LogP contribution >= 0.6 is 0 Å². The van der Waals surface area contributed by atoms with Gasteiger partial charge in [0.2, 0.25) is 5.91 Å². The van der Waals surface area contributed by atoms with Crippen molar-refractivity contribution in [3.05, 3.63) is 53.6 Å². The summed E-state index contributed by atoms with van der Waals surface area (Å²) in [5.41, 5.74) is 3.49. The maximum atomic E-state index is 12.6. The zero-order valence-corrected chi connectivity index (χ0v) is 15.3. The van der Waals surface area contributed by atoms with Gasteiger partial charge in [-0.25, -0.2) is 0 Å². The van der Waals surface area contributed by atoms with Gasteiger partial charge in [0, 0.05) is 43.8 Å². The molecule has 2 aromatic carbocycles. The molecule has 0 spiro atoms. The third kappa shape index (κ3) is 2.86. The number of hydrogen-bond acceptors (Lipinski definition) is 3. The van der Waals surface area contributed by atoms with Gasteiger partial charge in [0.05, 0.1) is 5.41 Å². The van der Waals surface area contributed by atoms with Crippen LogP contribution in [0.25, 0.3) is 0 Å². The normalized spacial score (nSPS) is 15.1. The van der Waals surface area contributed by atoms with Crippen LogP contribution in [0, 0.1) is 0 Å². The van der Waals surface area contributed by atoms with Crippen LogP contribution in [0.3, 0.4) is 0 Å². The van der Waals surface area contributed by atoms with Gasteiger partial charge in [-0.1, -0.05) is 6.07 Å². The second-order valence-corrected chi connectivity index (χ2v) is 7.12. The highest BCUT2D eigenvalue weighted by molar-refractivity contribution is 6.09. The SMILES string of the molecule is CN(C)c1cccc(C(=O)Nc2ccc3c(c2)C(C)(C)C(=O)N3C)c1. The number of nitrogens with zero attached hydrogens (tertiary/aromatic N) is 2. The summed E-state index contributed by atoms with van der Waals surface area (Å²) in [6.07, 6.45) is 0. The zero-order chi connectivity index (χ0) is 18.4. The lowest BCUT2D eigenvalue weighted by Gasteiger charge is -2.17. The first-order chi connectivity index (χ1) is 11.7. The number of likely N-dealkylation sites (N-methyl/N-ethyl adjacent to an activating group) is 1. The van der Waals surface area contributed by atoms with E-state index in [1.807, 2.05) is 69.2 Å². The molecule has 1 aliphatic heterocycles. The van der Waals surface area contributed by atoms with Crippen molar-refractivity contribution in [2.45, 2.75) is 19.3 Å².